The van der Waals surface area contributed by atoms with E-state index in [1.54, 1.807) is 4.90 Å². The number of carboxylic acids is 1. The maximum Gasteiger partial charge on any atom is 0.328 e. The minimum atomic E-state index is -1.26. The molecule has 3 N–H and O–H groups in total. The summed E-state index contributed by atoms with van der Waals surface area (Å²) in [6.45, 7) is 3.78. The summed E-state index contributed by atoms with van der Waals surface area (Å²) in [7, 11) is 0. The third-order valence-electron chi connectivity index (χ3n) is 3.64. The van der Waals surface area contributed by atoms with E-state index in [-0.39, 0.29) is 6.04 Å². The summed E-state index contributed by atoms with van der Waals surface area (Å²) in [5, 5.41) is 20.7. The average Bonchev–Trinajstić information content (AvgIpc) is 2.37. The first-order chi connectivity index (χ1) is 8.97. The molecule has 19 heavy (non-hydrogen) atoms. The molecule has 0 saturated heterocycles. The molecular weight excluding hydrogens is 248 g/mol. The van der Waals surface area contributed by atoms with Gasteiger partial charge in [-0.15, -0.1) is 0 Å². The summed E-state index contributed by atoms with van der Waals surface area (Å²) in [6, 6.07) is -1.48. The van der Waals surface area contributed by atoms with Gasteiger partial charge in [-0.2, -0.15) is 0 Å². The molecular formula is C13H24N2O4. The zero-order valence-corrected chi connectivity index (χ0v) is 11.6. The van der Waals surface area contributed by atoms with Gasteiger partial charge in [0.2, 0.25) is 0 Å². The van der Waals surface area contributed by atoms with Crippen LogP contribution in [0.4, 0.5) is 4.79 Å². The number of nitrogens with one attached hydrogen (secondary N) is 1. The second-order valence-corrected chi connectivity index (χ2v) is 5.08. The Morgan fingerprint density at radius 2 is 1.89 bits per heavy atom. The molecule has 110 valence electrons. The van der Waals surface area contributed by atoms with Crippen molar-refractivity contribution in [2.75, 3.05) is 6.54 Å². The van der Waals surface area contributed by atoms with E-state index in [2.05, 4.69) is 5.32 Å². The number of amides is 2. The average molecular weight is 272 g/mol. The highest BCUT2D eigenvalue weighted by atomic mass is 16.4. The highest BCUT2D eigenvalue weighted by Gasteiger charge is 2.30. The monoisotopic (exact) mass is 272 g/mol. The van der Waals surface area contributed by atoms with Crippen molar-refractivity contribution in [3.63, 3.8) is 0 Å². The molecule has 6 nitrogen and oxygen atoms in total. The lowest BCUT2D eigenvalue weighted by Gasteiger charge is -2.34. The van der Waals surface area contributed by atoms with Crippen molar-refractivity contribution in [2.24, 2.45) is 0 Å². The maximum absolute atomic E-state index is 12.1. The lowest BCUT2D eigenvalue weighted by atomic mass is 9.94. The van der Waals surface area contributed by atoms with Crippen LogP contribution < -0.4 is 5.32 Å². The third-order valence-corrected chi connectivity index (χ3v) is 3.64. The summed E-state index contributed by atoms with van der Waals surface area (Å²) in [5.41, 5.74) is 0. The second kappa shape index (κ2) is 7.33. The third kappa shape index (κ3) is 4.38. The van der Waals surface area contributed by atoms with Gasteiger partial charge in [-0.05, 0) is 26.7 Å². The number of nitrogens with zero attached hydrogens (tertiary/aromatic N) is 1. The zero-order chi connectivity index (χ0) is 14.4. The van der Waals surface area contributed by atoms with E-state index in [1.807, 2.05) is 6.92 Å². The van der Waals surface area contributed by atoms with Crippen LogP contribution in [0.15, 0.2) is 0 Å². The van der Waals surface area contributed by atoms with E-state index < -0.39 is 24.1 Å². The van der Waals surface area contributed by atoms with Crippen LogP contribution in [0.2, 0.25) is 0 Å². The molecule has 0 radical (unpaired) electrons. The summed E-state index contributed by atoms with van der Waals surface area (Å²) < 4.78 is 0. The first-order valence-corrected chi connectivity index (χ1v) is 6.95. The van der Waals surface area contributed by atoms with Gasteiger partial charge in [0.15, 0.2) is 6.04 Å². The Kier molecular flexibility index (Phi) is 6.08. The first-order valence-electron chi connectivity index (χ1n) is 6.95. The maximum atomic E-state index is 12.1. The molecule has 0 bridgehead atoms. The number of aliphatic hydroxyl groups excluding tert-OH is 1. The Balaban J connectivity index is 2.64. The number of aliphatic carboxylic acids is 1. The van der Waals surface area contributed by atoms with Gasteiger partial charge in [0.05, 0.1) is 6.10 Å². The standard InChI is InChI=1S/C13H24N2O4/c1-3-15(10-7-5-4-6-8-10)13(19)14-11(9(2)16)12(17)18/h9-11,16H,3-8H2,1-2H3,(H,14,19)(H,17,18). The predicted octanol–water partition coefficient (Wildman–Crippen LogP) is 1.18. The molecule has 1 fully saturated rings. The Labute approximate surface area is 113 Å². The molecule has 1 saturated carbocycles. The SMILES string of the molecule is CCN(C(=O)NC(C(=O)O)C(C)O)C1CCCCC1. The molecule has 0 aromatic rings. The fourth-order valence-corrected chi connectivity index (χ4v) is 2.56. The summed E-state index contributed by atoms with van der Waals surface area (Å²) >= 11 is 0. The predicted molar refractivity (Wildman–Crippen MR) is 70.9 cm³/mol. The van der Waals surface area contributed by atoms with E-state index >= 15 is 0 Å². The first kappa shape index (κ1) is 15.8. The Morgan fingerprint density at radius 1 is 1.32 bits per heavy atom. The summed E-state index contributed by atoms with van der Waals surface area (Å²) in [5.74, 6) is -1.22. The second-order valence-electron chi connectivity index (χ2n) is 5.08. The molecule has 1 rings (SSSR count). The largest absolute Gasteiger partial charge is 0.480 e. The number of carboxylic acid groups (broad SMARTS) is 1. The Hall–Kier alpha value is -1.30. The number of urea groups is 1. The number of carbonyl (C=O) groups excluding carboxylic acids is 1. The molecule has 0 heterocycles. The van der Waals surface area contributed by atoms with Gasteiger partial charge in [-0.25, -0.2) is 9.59 Å². The smallest absolute Gasteiger partial charge is 0.328 e. The molecule has 0 aliphatic heterocycles. The van der Waals surface area contributed by atoms with Crippen LogP contribution in [-0.2, 0) is 4.79 Å². The number of rotatable bonds is 5. The number of carbonyl (C=O) groups is 2. The van der Waals surface area contributed by atoms with Gasteiger partial charge in [-0.3, -0.25) is 0 Å². The molecule has 2 amide bonds. The van der Waals surface area contributed by atoms with E-state index in [0.29, 0.717) is 6.54 Å². The van der Waals surface area contributed by atoms with Crippen molar-refractivity contribution >= 4 is 12.0 Å². The Morgan fingerprint density at radius 3 is 2.32 bits per heavy atom. The zero-order valence-electron chi connectivity index (χ0n) is 11.6. The quantitative estimate of drug-likeness (QED) is 0.701. The highest BCUT2D eigenvalue weighted by Crippen LogP contribution is 2.22. The van der Waals surface area contributed by atoms with Gasteiger partial charge in [0.1, 0.15) is 0 Å². The van der Waals surface area contributed by atoms with E-state index in [0.717, 1.165) is 25.7 Å². The van der Waals surface area contributed by atoms with Crippen LogP contribution in [0.3, 0.4) is 0 Å². The minimum absolute atomic E-state index is 0.183. The normalized spacial score (nSPS) is 19.5. The molecule has 0 spiro atoms. The van der Waals surface area contributed by atoms with Crippen LogP contribution in [0, 0.1) is 0 Å². The summed E-state index contributed by atoms with van der Waals surface area (Å²) in [6.07, 6.45) is 4.22. The number of hydrogen-bond donors (Lipinski definition) is 3. The van der Waals surface area contributed by atoms with Crippen molar-refractivity contribution in [1.82, 2.24) is 10.2 Å². The van der Waals surface area contributed by atoms with Gasteiger partial charge < -0.3 is 20.4 Å². The molecule has 2 atom stereocenters. The van der Waals surface area contributed by atoms with Gasteiger partial charge in [0, 0.05) is 12.6 Å². The van der Waals surface area contributed by atoms with E-state index in [4.69, 9.17) is 5.11 Å². The summed E-state index contributed by atoms with van der Waals surface area (Å²) in [4.78, 5) is 24.8. The van der Waals surface area contributed by atoms with Crippen LogP contribution in [0.5, 0.6) is 0 Å². The molecule has 6 heteroatoms. The van der Waals surface area contributed by atoms with Crippen molar-refractivity contribution < 1.29 is 19.8 Å². The molecule has 2 unspecified atom stereocenters. The number of hydrogen-bond acceptors (Lipinski definition) is 3. The number of aliphatic hydroxyl groups is 1. The molecule has 1 aliphatic rings. The lowest BCUT2D eigenvalue weighted by Crippen LogP contribution is -2.54. The van der Waals surface area contributed by atoms with Gasteiger partial charge >= 0.3 is 12.0 Å². The van der Waals surface area contributed by atoms with Crippen LogP contribution in [0.1, 0.15) is 46.0 Å². The van der Waals surface area contributed by atoms with Crippen LogP contribution in [0.25, 0.3) is 0 Å². The van der Waals surface area contributed by atoms with Crippen LogP contribution in [-0.4, -0.2) is 51.8 Å². The van der Waals surface area contributed by atoms with Gasteiger partial charge in [-0.1, -0.05) is 19.3 Å². The lowest BCUT2D eigenvalue weighted by molar-refractivity contribution is -0.141. The van der Waals surface area contributed by atoms with E-state index in [1.165, 1.54) is 13.3 Å². The minimum Gasteiger partial charge on any atom is -0.480 e. The molecule has 1 aliphatic carbocycles. The fraction of sp³-hybridized carbons (Fsp3) is 0.846. The van der Waals surface area contributed by atoms with Gasteiger partial charge in [0.25, 0.3) is 0 Å². The molecule has 0 aromatic carbocycles. The van der Waals surface area contributed by atoms with E-state index in [9.17, 15) is 14.7 Å². The van der Waals surface area contributed by atoms with Crippen molar-refractivity contribution in [3.8, 4) is 0 Å². The fourth-order valence-electron chi connectivity index (χ4n) is 2.56. The Bertz CT molecular complexity index is 314. The van der Waals surface area contributed by atoms with Crippen LogP contribution >= 0.6 is 0 Å². The highest BCUT2D eigenvalue weighted by molar-refractivity contribution is 5.83. The van der Waals surface area contributed by atoms with Crippen molar-refractivity contribution in [2.45, 2.75) is 64.1 Å². The topological polar surface area (TPSA) is 89.9 Å². The van der Waals surface area contributed by atoms with Crippen molar-refractivity contribution in [1.29, 1.82) is 0 Å². The molecule has 0 aromatic heterocycles. The van der Waals surface area contributed by atoms with Crippen molar-refractivity contribution in [3.05, 3.63) is 0 Å².